The summed E-state index contributed by atoms with van der Waals surface area (Å²) in [6, 6.07) is 3.79. The summed E-state index contributed by atoms with van der Waals surface area (Å²) in [6.45, 7) is 0.555. The highest BCUT2D eigenvalue weighted by molar-refractivity contribution is 6.28. The largest absolute Gasteiger partial charge is 0.495 e. The third-order valence-electron chi connectivity index (χ3n) is 2.92. The van der Waals surface area contributed by atoms with Gasteiger partial charge in [-0.25, -0.2) is 4.98 Å². The van der Waals surface area contributed by atoms with E-state index in [4.69, 9.17) is 16.3 Å². The molecule has 102 valence electrons. The van der Waals surface area contributed by atoms with Crippen molar-refractivity contribution in [2.45, 2.75) is 6.54 Å². The molecule has 7 heteroatoms. The van der Waals surface area contributed by atoms with Crippen LogP contribution in [-0.4, -0.2) is 27.0 Å². The van der Waals surface area contributed by atoms with Crippen LogP contribution in [0.3, 0.4) is 0 Å². The van der Waals surface area contributed by atoms with Crippen LogP contribution in [0.4, 0.5) is 5.82 Å². The Balaban J connectivity index is 1.88. The van der Waals surface area contributed by atoms with E-state index in [2.05, 4.69) is 25.3 Å². The average molecular weight is 290 g/mol. The summed E-state index contributed by atoms with van der Waals surface area (Å²) in [6.07, 6.45) is 5.20. The maximum atomic E-state index is 5.90. The lowest BCUT2D eigenvalue weighted by atomic mass is 10.2. The van der Waals surface area contributed by atoms with Crippen molar-refractivity contribution < 1.29 is 4.74 Å². The highest BCUT2D eigenvalue weighted by Gasteiger charge is 2.08. The van der Waals surface area contributed by atoms with Gasteiger partial charge in [-0.1, -0.05) is 0 Å². The Morgan fingerprint density at radius 1 is 1.35 bits per heavy atom. The van der Waals surface area contributed by atoms with Crippen LogP contribution in [0.5, 0.6) is 5.75 Å². The van der Waals surface area contributed by atoms with Crippen molar-refractivity contribution in [2.24, 2.45) is 0 Å². The van der Waals surface area contributed by atoms with Crippen molar-refractivity contribution in [1.29, 1.82) is 0 Å². The van der Waals surface area contributed by atoms with Gasteiger partial charge in [0.15, 0.2) is 0 Å². The molecule has 2 N–H and O–H groups in total. The number of pyridine rings is 1. The molecular formula is C13H12ClN5O. The Kier molecular flexibility index (Phi) is 3.39. The molecule has 0 spiro atoms. The van der Waals surface area contributed by atoms with Gasteiger partial charge in [0.1, 0.15) is 17.2 Å². The van der Waals surface area contributed by atoms with E-state index in [9.17, 15) is 0 Å². The molecule has 20 heavy (non-hydrogen) atoms. The Bertz CT molecular complexity index is 742. The Labute approximate surface area is 120 Å². The molecule has 3 aromatic rings. The fourth-order valence-corrected chi connectivity index (χ4v) is 2.14. The van der Waals surface area contributed by atoms with Crippen LogP contribution in [0.25, 0.3) is 11.0 Å². The zero-order valence-electron chi connectivity index (χ0n) is 10.7. The lowest BCUT2D eigenvalue weighted by Gasteiger charge is -2.10. The first-order valence-electron chi connectivity index (χ1n) is 5.99. The number of aromatic nitrogens is 4. The zero-order chi connectivity index (χ0) is 13.9. The van der Waals surface area contributed by atoms with Crippen LogP contribution in [-0.2, 0) is 6.54 Å². The van der Waals surface area contributed by atoms with E-state index >= 15 is 0 Å². The van der Waals surface area contributed by atoms with Crippen LogP contribution < -0.4 is 10.1 Å². The quantitative estimate of drug-likeness (QED) is 0.722. The summed E-state index contributed by atoms with van der Waals surface area (Å²) in [5.74, 6) is 1.41. The minimum Gasteiger partial charge on any atom is -0.495 e. The molecule has 0 saturated heterocycles. The summed E-state index contributed by atoms with van der Waals surface area (Å²) in [4.78, 5) is 15.4. The number of hydrogen-bond donors (Lipinski definition) is 2. The van der Waals surface area contributed by atoms with Gasteiger partial charge in [-0.3, -0.25) is 4.98 Å². The second-order valence-corrected chi connectivity index (χ2v) is 4.46. The van der Waals surface area contributed by atoms with E-state index in [0.717, 1.165) is 16.7 Å². The fourth-order valence-electron chi connectivity index (χ4n) is 1.97. The molecule has 3 aromatic heterocycles. The topological polar surface area (TPSA) is 75.7 Å². The second-order valence-electron chi connectivity index (χ2n) is 4.12. The van der Waals surface area contributed by atoms with E-state index in [1.165, 1.54) is 0 Å². The molecule has 0 fully saturated rings. The molecule has 6 nitrogen and oxygen atoms in total. The molecule has 0 amide bonds. The number of fused-ring (bicyclic) bond motifs is 1. The SMILES string of the molecule is COc1cnccc1CNc1nc(Cl)nc2[nH]ccc12. The van der Waals surface area contributed by atoms with Gasteiger partial charge in [0.2, 0.25) is 5.28 Å². The molecule has 0 unspecified atom stereocenters. The van der Waals surface area contributed by atoms with Gasteiger partial charge in [-0.2, -0.15) is 4.98 Å². The predicted octanol–water partition coefficient (Wildman–Crippen LogP) is 2.63. The maximum Gasteiger partial charge on any atom is 0.226 e. The highest BCUT2D eigenvalue weighted by Crippen LogP contribution is 2.23. The van der Waals surface area contributed by atoms with Crippen LogP contribution in [0.15, 0.2) is 30.7 Å². The predicted molar refractivity (Wildman–Crippen MR) is 77.0 cm³/mol. The zero-order valence-corrected chi connectivity index (χ0v) is 11.5. The molecule has 0 aliphatic heterocycles. The number of aromatic amines is 1. The number of nitrogens with zero attached hydrogens (tertiary/aromatic N) is 3. The highest BCUT2D eigenvalue weighted by atomic mass is 35.5. The second kappa shape index (κ2) is 5.34. The number of rotatable bonds is 4. The number of hydrogen-bond acceptors (Lipinski definition) is 5. The molecule has 0 aromatic carbocycles. The Morgan fingerprint density at radius 3 is 3.10 bits per heavy atom. The summed E-state index contributed by atoms with van der Waals surface area (Å²) >= 11 is 5.90. The third-order valence-corrected chi connectivity index (χ3v) is 3.09. The van der Waals surface area contributed by atoms with E-state index in [1.807, 2.05) is 12.1 Å². The van der Waals surface area contributed by atoms with Gasteiger partial charge >= 0.3 is 0 Å². The number of halogens is 1. The Hall–Kier alpha value is -2.34. The number of methoxy groups -OCH3 is 1. The fraction of sp³-hybridized carbons (Fsp3) is 0.154. The van der Waals surface area contributed by atoms with Crippen LogP contribution >= 0.6 is 11.6 Å². The van der Waals surface area contributed by atoms with Gasteiger partial charge in [0.25, 0.3) is 0 Å². The number of ether oxygens (including phenoxy) is 1. The first kappa shape index (κ1) is 12.7. The summed E-state index contributed by atoms with van der Waals surface area (Å²) in [5.41, 5.74) is 1.69. The first-order valence-corrected chi connectivity index (χ1v) is 6.37. The molecule has 0 atom stereocenters. The lowest BCUT2D eigenvalue weighted by molar-refractivity contribution is 0.408. The van der Waals surface area contributed by atoms with Crippen molar-refractivity contribution in [1.82, 2.24) is 19.9 Å². The molecule has 0 aliphatic rings. The first-order chi connectivity index (χ1) is 9.78. The molecule has 0 aliphatic carbocycles. The minimum absolute atomic E-state index is 0.198. The summed E-state index contributed by atoms with van der Waals surface area (Å²) < 4.78 is 5.26. The van der Waals surface area contributed by atoms with E-state index < -0.39 is 0 Å². The van der Waals surface area contributed by atoms with Gasteiger partial charge in [0.05, 0.1) is 18.7 Å². The third kappa shape index (κ3) is 2.37. The van der Waals surface area contributed by atoms with E-state index in [-0.39, 0.29) is 5.28 Å². The lowest BCUT2D eigenvalue weighted by Crippen LogP contribution is -2.04. The molecule has 3 rings (SSSR count). The van der Waals surface area contributed by atoms with Crippen molar-refractivity contribution in [3.8, 4) is 5.75 Å². The molecular weight excluding hydrogens is 278 g/mol. The normalized spacial score (nSPS) is 10.7. The van der Waals surface area contributed by atoms with Crippen molar-refractivity contribution in [2.75, 3.05) is 12.4 Å². The minimum atomic E-state index is 0.198. The number of H-pyrrole nitrogens is 1. The van der Waals surface area contributed by atoms with E-state index in [1.54, 1.807) is 25.7 Å². The van der Waals surface area contributed by atoms with Crippen LogP contribution in [0, 0.1) is 0 Å². The maximum absolute atomic E-state index is 5.90. The number of nitrogens with one attached hydrogen (secondary N) is 2. The smallest absolute Gasteiger partial charge is 0.226 e. The van der Waals surface area contributed by atoms with Gasteiger partial charge in [-0.05, 0) is 23.7 Å². The Morgan fingerprint density at radius 2 is 2.25 bits per heavy atom. The molecule has 0 radical (unpaired) electrons. The van der Waals surface area contributed by atoms with Crippen molar-refractivity contribution in [3.63, 3.8) is 0 Å². The molecule has 3 heterocycles. The summed E-state index contributed by atoms with van der Waals surface area (Å²) in [5, 5.41) is 4.33. The van der Waals surface area contributed by atoms with E-state index in [0.29, 0.717) is 18.0 Å². The van der Waals surface area contributed by atoms with Gasteiger partial charge in [-0.15, -0.1) is 0 Å². The molecule has 0 saturated carbocycles. The van der Waals surface area contributed by atoms with Crippen LogP contribution in [0.2, 0.25) is 5.28 Å². The number of anilines is 1. The van der Waals surface area contributed by atoms with Gasteiger partial charge in [0, 0.05) is 24.5 Å². The van der Waals surface area contributed by atoms with Gasteiger partial charge < -0.3 is 15.0 Å². The standard InChI is InChI=1S/C13H12ClN5O/c1-20-10-7-15-4-2-8(10)6-17-12-9-3-5-16-11(9)18-13(14)19-12/h2-5,7H,6H2,1H3,(H2,16,17,18,19). The monoisotopic (exact) mass is 289 g/mol. The van der Waals surface area contributed by atoms with Crippen molar-refractivity contribution in [3.05, 3.63) is 41.6 Å². The van der Waals surface area contributed by atoms with Crippen LogP contribution in [0.1, 0.15) is 5.56 Å². The molecule has 0 bridgehead atoms. The summed E-state index contributed by atoms with van der Waals surface area (Å²) in [7, 11) is 1.62. The van der Waals surface area contributed by atoms with Crippen molar-refractivity contribution >= 4 is 28.5 Å². The average Bonchev–Trinajstić information content (AvgIpc) is 2.93.